The lowest BCUT2D eigenvalue weighted by atomic mass is 9.89. The van der Waals surface area contributed by atoms with E-state index in [4.69, 9.17) is 4.42 Å². The first-order valence-electron chi connectivity index (χ1n) is 6.27. The second kappa shape index (κ2) is 4.07. The Kier molecular flexibility index (Phi) is 2.64. The quantitative estimate of drug-likeness (QED) is 0.898. The van der Waals surface area contributed by atoms with Crippen LogP contribution in [0.1, 0.15) is 24.4 Å². The van der Waals surface area contributed by atoms with Gasteiger partial charge in [0, 0.05) is 11.5 Å². The third-order valence-corrected chi connectivity index (χ3v) is 3.97. The van der Waals surface area contributed by atoms with Crippen molar-refractivity contribution in [1.82, 2.24) is 9.88 Å². The maximum absolute atomic E-state index is 9.65. The van der Waals surface area contributed by atoms with Gasteiger partial charge in [-0.25, -0.2) is 4.98 Å². The average molecular weight is 246 g/mol. The van der Waals surface area contributed by atoms with E-state index in [0.717, 1.165) is 23.9 Å². The van der Waals surface area contributed by atoms with Gasteiger partial charge in [0.05, 0.1) is 6.61 Å². The Morgan fingerprint density at radius 2 is 2.22 bits per heavy atom. The van der Waals surface area contributed by atoms with Gasteiger partial charge in [-0.3, -0.25) is 0 Å². The normalized spacial score (nSPS) is 19.3. The monoisotopic (exact) mass is 246 g/mol. The van der Waals surface area contributed by atoms with Gasteiger partial charge in [0.2, 0.25) is 0 Å². The average Bonchev–Trinajstić information content (AvgIpc) is 2.99. The highest BCUT2D eigenvalue weighted by atomic mass is 16.3. The number of nitrogens with zero attached hydrogens (tertiary/aromatic N) is 2. The van der Waals surface area contributed by atoms with Crippen molar-refractivity contribution in [3.05, 3.63) is 30.2 Å². The molecule has 4 nitrogen and oxygen atoms in total. The summed E-state index contributed by atoms with van der Waals surface area (Å²) in [4.78, 5) is 6.31. The highest BCUT2D eigenvalue weighted by Crippen LogP contribution is 2.56. The molecule has 0 bridgehead atoms. The Bertz CT molecular complexity index is 558. The molecule has 1 aliphatic carbocycles. The molecule has 0 amide bonds. The molecule has 1 aliphatic rings. The van der Waals surface area contributed by atoms with Crippen molar-refractivity contribution in [3.63, 3.8) is 0 Å². The van der Waals surface area contributed by atoms with E-state index < -0.39 is 0 Å². The summed E-state index contributed by atoms with van der Waals surface area (Å²) >= 11 is 0. The molecule has 18 heavy (non-hydrogen) atoms. The molecule has 1 saturated carbocycles. The van der Waals surface area contributed by atoms with Crippen LogP contribution in [0.4, 0.5) is 0 Å². The molecule has 1 unspecified atom stereocenters. The number of oxazole rings is 1. The molecule has 1 atom stereocenters. The van der Waals surface area contributed by atoms with Gasteiger partial charge in [0.1, 0.15) is 5.52 Å². The molecular weight excluding hydrogens is 228 g/mol. The fraction of sp³-hybridized carbons (Fsp3) is 0.500. The molecule has 96 valence electrons. The van der Waals surface area contributed by atoms with Gasteiger partial charge in [-0.15, -0.1) is 0 Å². The smallest absolute Gasteiger partial charge is 0.181 e. The maximum Gasteiger partial charge on any atom is 0.181 e. The van der Waals surface area contributed by atoms with Crippen LogP contribution < -0.4 is 0 Å². The highest BCUT2D eigenvalue weighted by Gasteiger charge is 2.50. The summed E-state index contributed by atoms with van der Waals surface area (Å²) in [7, 11) is 4.12. The zero-order valence-electron chi connectivity index (χ0n) is 10.8. The fourth-order valence-corrected chi connectivity index (χ4v) is 2.92. The van der Waals surface area contributed by atoms with Crippen molar-refractivity contribution in [2.24, 2.45) is 5.41 Å². The predicted octanol–water partition coefficient (Wildman–Crippen LogP) is 2.20. The van der Waals surface area contributed by atoms with Crippen LogP contribution in [-0.2, 0) is 0 Å². The van der Waals surface area contributed by atoms with Crippen LogP contribution in [0.15, 0.2) is 29.0 Å². The molecule has 1 fully saturated rings. The van der Waals surface area contributed by atoms with Gasteiger partial charge in [-0.1, -0.05) is 6.07 Å². The van der Waals surface area contributed by atoms with Crippen molar-refractivity contribution in [2.75, 3.05) is 20.7 Å². The lowest BCUT2D eigenvalue weighted by Crippen LogP contribution is -2.30. The number of aromatic nitrogens is 1. The SMILES string of the molecule is CN(C)C(c1ccc2ncoc2c1)C1(CO)CC1. The van der Waals surface area contributed by atoms with Crippen LogP contribution in [-0.4, -0.2) is 35.7 Å². The van der Waals surface area contributed by atoms with E-state index in [9.17, 15) is 5.11 Å². The second-order valence-corrected chi connectivity index (χ2v) is 5.47. The molecule has 1 aromatic heterocycles. The van der Waals surface area contributed by atoms with Gasteiger partial charge in [-0.2, -0.15) is 0 Å². The third kappa shape index (κ3) is 1.72. The molecule has 0 spiro atoms. The van der Waals surface area contributed by atoms with Crippen LogP contribution in [0.5, 0.6) is 0 Å². The van der Waals surface area contributed by atoms with Gasteiger partial charge in [0.25, 0.3) is 0 Å². The van der Waals surface area contributed by atoms with Crippen LogP contribution >= 0.6 is 0 Å². The van der Waals surface area contributed by atoms with Crippen molar-refractivity contribution >= 4 is 11.1 Å². The molecule has 4 heteroatoms. The Balaban J connectivity index is 2.04. The summed E-state index contributed by atoms with van der Waals surface area (Å²) < 4.78 is 5.36. The molecule has 1 N–H and O–H groups in total. The van der Waals surface area contributed by atoms with Crippen molar-refractivity contribution in [2.45, 2.75) is 18.9 Å². The van der Waals surface area contributed by atoms with Crippen molar-refractivity contribution in [1.29, 1.82) is 0 Å². The van der Waals surface area contributed by atoms with Crippen LogP contribution in [0, 0.1) is 5.41 Å². The molecular formula is C14H18N2O2. The Morgan fingerprint density at radius 3 is 2.83 bits per heavy atom. The zero-order chi connectivity index (χ0) is 12.8. The molecule has 0 aliphatic heterocycles. The fourth-order valence-electron chi connectivity index (χ4n) is 2.92. The summed E-state index contributed by atoms with van der Waals surface area (Å²) in [6.45, 7) is 0.240. The molecule has 2 aromatic rings. The maximum atomic E-state index is 9.65. The predicted molar refractivity (Wildman–Crippen MR) is 69.2 cm³/mol. The van der Waals surface area contributed by atoms with Crippen LogP contribution in [0.2, 0.25) is 0 Å². The van der Waals surface area contributed by atoms with E-state index in [1.165, 1.54) is 12.0 Å². The summed E-state index contributed by atoms with van der Waals surface area (Å²) in [6.07, 6.45) is 3.64. The second-order valence-electron chi connectivity index (χ2n) is 5.47. The number of benzene rings is 1. The van der Waals surface area contributed by atoms with Crippen LogP contribution in [0.3, 0.4) is 0 Å². The Morgan fingerprint density at radius 1 is 1.44 bits per heavy atom. The van der Waals surface area contributed by atoms with Gasteiger partial charge in [0.15, 0.2) is 12.0 Å². The van der Waals surface area contributed by atoms with Gasteiger partial charge >= 0.3 is 0 Å². The van der Waals surface area contributed by atoms with E-state index in [1.807, 2.05) is 12.1 Å². The molecule has 3 rings (SSSR count). The lowest BCUT2D eigenvalue weighted by Gasteiger charge is -2.31. The minimum atomic E-state index is 0.0250. The minimum Gasteiger partial charge on any atom is -0.443 e. The Labute approximate surface area is 106 Å². The van der Waals surface area contributed by atoms with E-state index in [2.05, 4.69) is 30.0 Å². The van der Waals surface area contributed by atoms with Crippen LogP contribution in [0.25, 0.3) is 11.1 Å². The number of rotatable bonds is 4. The molecule has 0 radical (unpaired) electrons. The standard InChI is InChI=1S/C14H18N2O2/c1-16(2)13(14(8-17)5-6-14)10-3-4-11-12(7-10)18-9-15-11/h3-4,7,9,13,17H,5-6,8H2,1-2H3. The van der Waals surface area contributed by atoms with Crippen molar-refractivity contribution in [3.8, 4) is 0 Å². The van der Waals surface area contributed by atoms with E-state index in [0.29, 0.717) is 0 Å². The minimum absolute atomic E-state index is 0.0250. The number of fused-ring (bicyclic) bond motifs is 1. The third-order valence-electron chi connectivity index (χ3n) is 3.97. The Hall–Kier alpha value is -1.39. The summed E-state index contributed by atoms with van der Waals surface area (Å²) in [5.41, 5.74) is 2.91. The zero-order valence-corrected chi connectivity index (χ0v) is 10.8. The first-order valence-corrected chi connectivity index (χ1v) is 6.27. The number of hydrogen-bond donors (Lipinski definition) is 1. The summed E-state index contributed by atoms with van der Waals surface area (Å²) in [6, 6.07) is 6.35. The number of hydrogen-bond acceptors (Lipinski definition) is 4. The number of aliphatic hydroxyl groups is 1. The van der Waals surface area contributed by atoms with E-state index >= 15 is 0 Å². The topological polar surface area (TPSA) is 49.5 Å². The summed E-state index contributed by atoms with van der Waals surface area (Å²) in [5, 5.41) is 9.65. The largest absolute Gasteiger partial charge is 0.443 e. The van der Waals surface area contributed by atoms with Crippen molar-refractivity contribution < 1.29 is 9.52 Å². The molecule has 0 saturated heterocycles. The number of aliphatic hydroxyl groups excluding tert-OH is 1. The molecule has 1 aromatic carbocycles. The lowest BCUT2D eigenvalue weighted by molar-refractivity contribution is 0.115. The summed E-state index contributed by atoms with van der Waals surface area (Å²) in [5.74, 6) is 0. The highest BCUT2D eigenvalue weighted by molar-refractivity contribution is 5.73. The first-order chi connectivity index (χ1) is 8.66. The van der Waals surface area contributed by atoms with Gasteiger partial charge in [-0.05, 0) is 44.6 Å². The first kappa shape index (κ1) is 11.7. The van der Waals surface area contributed by atoms with E-state index in [1.54, 1.807) is 0 Å². The molecule has 1 heterocycles. The van der Waals surface area contributed by atoms with E-state index in [-0.39, 0.29) is 18.1 Å². The van der Waals surface area contributed by atoms with Gasteiger partial charge < -0.3 is 14.4 Å².